The van der Waals surface area contributed by atoms with E-state index in [-0.39, 0.29) is 0 Å². The van der Waals surface area contributed by atoms with E-state index in [2.05, 4.69) is 50.4 Å². The van der Waals surface area contributed by atoms with Crippen LogP contribution >= 0.6 is 0 Å². The van der Waals surface area contributed by atoms with Crippen molar-refractivity contribution in [1.29, 1.82) is 0 Å². The molecule has 1 aliphatic rings. The smallest absolute Gasteiger partial charge is 0.0538 e. The third kappa shape index (κ3) is 2.61. The number of nitrogens with one attached hydrogen (secondary N) is 1. The summed E-state index contributed by atoms with van der Waals surface area (Å²) in [5.41, 5.74) is 5.87. The summed E-state index contributed by atoms with van der Waals surface area (Å²) in [7, 11) is 0. The topological polar surface area (TPSA) is 12.0 Å². The van der Waals surface area contributed by atoms with Crippen molar-refractivity contribution >= 4 is 0 Å². The molecule has 0 aromatic heterocycles. The highest BCUT2D eigenvalue weighted by atomic mass is 14.9. The van der Waals surface area contributed by atoms with Crippen LogP contribution in [0.2, 0.25) is 0 Å². The van der Waals surface area contributed by atoms with Gasteiger partial charge in [-0.1, -0.05) is 36.8 Å². The molecule has 0 saturated heterocycles. The third-order valence-corrected chi connectivity index (χ3v) is 3.81. The van der Waals surface area contributed by atoms with Crippen molar-refractivity contribution < 1.29 is 0 Å². The normalized spacial score (nSPS) is 17.0. The van der Waals surface area contributed by atoms with E-state index < -0.39 is 0 Å². The summed E-state index contributed by atoms with van der Waals surface area (Å²) >= 11 is 0. The number of aryl methyl sites for hydroxylation is 1. The van der Waals surface area contributed by atoms with Crippen LogP contribution in [0.25, 0.3) is 0 Å². The fraction of sp³-hybridized carbons (Fsp3) is 0.500. The van der Waals surface area contributed by atoms with Crippen LogP contribution in [-0.4, -0.2) is 6.54 Å². The fourth-order valence-corrected chi connectivity index (χ4v) is 2.69. The quantitative estimate of drug-likeness (QED) is 0.768. The molecule has 1 atom stereocenters. The molecule has 0 fully saturated rings. The van der Waals surface area contributed by atoms with Gasteiger partial charge in [0, 0.05) is 0 Å². The number of likely N-dealkylation sites (N-methyl/N-ethyl adjacent to an activating group) is 1. The van der Waals surface area contributed by atoms with Crippen LogP contribution in [0.4, 0.5) is 0 Å². The molecule has 0 amide bonds. The monoisotopic (exact) mass is 229 g/mol. The molecule has 1 N–H and O–H groups in total. The molecule has 0 bridgehead atoms. The first kappa shape index (κ1) is 12.4. The fourth-order valence-electron chi connectivity index (χ4n) is 2.69. The van der Waals surface area contributed by atoms with E-state index in [0.29, 0.717) is 6.04 Å². The lowest BCUT2D eigenvalue weighted by Crippen LogP contribution is -2.23. The summed E-state index contributed by atoms with van der Waals surface area (Å²) in [6, 6.07) is 7.08. The van der Waals surface area contributed by atoms with Gasteiger partial charge in [0.05, 0.1) is 6.04 Å². The molecule has 1 aromatic rings. The van der Waals surface area contributed by atoms with Crippen LogP contribution in [0.1, 0.15) is 48.9 Å². The lowest BCUT2D eigenvalue weighted by molar-refractivity contribution is 0.602. The summed E-state index contributed by atoms with van der Waals surface area (Å²) < 4.78 is 0. The molecule has 2 rings (SSSR count). The molecule has 1 heteroatoms. The first-order valence-corrected chi connectivity index (χ1v) is 6.72. The minimum Gasteiger partial charge on any atom is -0.307 e. The molecule has 17 heavy (non-hydrogen) atoms. The molecule has 0 saturated carbocycles. The van der Waals surface area contributed by atoms with E-state index >= 15 is 0 Å². The summed E-state index contributed by atoms with van der Waals surface area (Å²) in [5, 5.41) is 3.64. The van der Waals surface area contributed by atoms with Crippen LogP contribution in [0, 0.1) is 13.8 Å². The average Bonchev–Trinajstić information content (AvgIpc) is 2.84. The van der Waals surface area contributed by atoms with Gasteiger partial charge in [0.2, 0.25) is 0 Å². The molecule has 1 aliphatic carbocycles. The van der Waals surface area contributed by atoms with Gasteiger partial charge in [-0.3, -0.25) is 0 Å². The van der Waals surface area contributed by atoms with Gasteiger partial charge in [0.1, 0.15) is 0 Å². The molecule has 1 nitrogen and oxygen atoms in total. The predicted octanol–water partition coefficient (Wildman–Crippen LogP) is 4.06. The maximum Gasteiger partial charge on any atom is 0.0538 e. The Hall–Kier alpha value is -1.08. The van der Waals surface area contributed by atoms with Crippen molar-refractivity contribution in [3.8, 4) is 0 Å². The van der Waals surface area contributed by atoms with E-state index in [0.717, 1.165) is 6.54 Å². The lowest BCUT2D eigenvalue weighted by Gasteiger charge is -2.23. The second-order valence-electron chi connectivity index (χ2n) is 4.95. The Bertz CT molecular complexity index is 418. The van der Waals surface area contributed by atoms with Gasteiger partial charge in [0.15, 0.2) is 0 Å². The third-order valence-electron chi connectivity index (χ3n) is 3.81. The Morgan fingerprint density at radius 3 is 2.76 bits per heavy atom. The van der Waals surface area contributed by atoms with E-state index in [4.69, 9.17) is 0 Å². The van der Waals surface area contributed by atoms with E-state index in [9.17, 15) is 0 Å². The Balaban J connectivity index is 2.35. The Labute approximate surface area is 105 Å². The Morgan fingerprint density at radius 1 is 1.29 bits per heavy atom. The maximum absolute atomic E-state index is 3.64. The van der Waals surface area contributed by atoms with Crippen molar-refractivity contribution in [2.24, 2.45) is 0 Å². The van der Waals surface area contributed by atoms with Gasteiger partial charge in [-0.25, -0.2) is 0 Å². The van der Waals surface area contributed by atoms with Crippen molar-refractivity contribution in [3.05, 3.63) is 46.5 Å². The standard InChI is InChI=1S/C16H23N/c1-4-17-16(14-9-5-6-10-14)15-11-7-8-12(2)13(15)3/h7-9,11,16-17H,4-6,10H2,1-3H3. The van der Waals surface area contributed by atoms with Crippen molar-refractivity contribution in [3.63, 3.8) is 0 Å². The number of rotatable bonds is 4. The number of hydrogen-bond acceptors (Lipinski definition) is 1. The van der Waals surface area contributed by atoms with Crippen LogP contribution < -0.4 is 5.32 Å². The number of allylic oxidation sites excluding steroid dienone is 1. The maximum atomic E-state index is 3.64. The largest absolute Gasteiger partial charge is 0.307 e. The molecule has 92 valence electrons. The van der Waals surface area contributed by atoms with E-state index in [1.54, 1.807) is 5.57 Å². The zero-order chi connectivity index (χ0) is 12.3. The molecule has 0 spiro atoms. The average molecular weight is 229 g/mol. The first-order valence-electron chi connectivity index (χ1n) is 6.72. The Morgan fingerprint density at radius 2 is 2.12 bits per heavy atom. The van der Waals surface area contributed by atoms with E-state index in [1.807, 2.05) is 0 Å². The van der Waals surface area contributed by atoms with Crippen LogP contribution in [0.5, 0.6) is 0 Å². The van der Waals surface area contributed by atoms with Crippen LogP contribution in [-0.2, 0) is 0 Å². The predicted molar refractivity (Wildman–Crippen MR) is 74.3 cm³/mol. The molecule has 0 aliphatic heterocycles. The SMILES string of the molecule is CCNC(C1=CCCC1)c1cccc(C)c1C. The molecular formula is C16H23N. The van der Waals surface area contributed by atoms with Gasteiger partial charge < -0.3 is 5.32 Å². The van der Waals surface area contributed by atoms with Crippen LogP contribution in [0.3, 0.4) is 0 Å². The summed E-state index contributed by atoms with van der Waals surface area (Å²) in [6.45, 7) is 7.65. The van der Waals surface area contributed by atoms with Gasteiger partial charge >= 0.3 is 0 Å². The van der Waals surface area contributed by atoms with Crippen LogP contribution in [0.15, 0.2) is 29.8 Å². The van der Waals surface area contributed by atoms with Crippen molar-refractivity contribution in [1.82, 2.24) is 5.32 Å². The first-order chi connectivity index (χ1) is 8.24. The van der Waals surface area contributed by atoms with Gasteiger partial charge in [-0.05, 0) is 56.3 Å². The van der Waals surface area contributed by atoms with E-state index in [1.165, 1.54) is 36.0 Å². The molecule has 1 aromatic carbocycles. The zero-order valence-electron chi connectivity index (χ0n) is 11.2. The summed E-state index contributed by atoms with van der Waals surface area (Å²) in [6.07, 6.45) is 6.25. The number of hydrogen-bond donors (Lipinski definition) is 1. The van der Waals surface area contributed by atoms with Crippen molar-refractivity contribution in [2.75, 3.05) is 6.54 Å². The molecule has 1 unspecified atom stereocenters. The highest BCUT2D eigenvalue weighted by Crippen LogP contribution is 2.32. The Kier molecular flexibility index (Phi) is 4.01. The zero-order valence-corrected chi connectivity index (χ0v) is 11.2. The summed E-state index contributed by atoms with van der Waals surface area (Å²) in [4.78, 5) is 0. The van der Waals surface area contributed by atoms with Gasteiger partial charge in [-0.15, -0.1) is 0 Å². The summed E-state index contributed by atoms with van der Waals surface area (Å²) in [5.74, 6) is 0. The minimum atomic E-state index is 0.433. The van der Waals surface area contributed by atoms with Gasteiger partial charge in [0.25, 0.3) is 0 Å². The number of benzene rings is 1. The molecule has 0 radical (unpaired) electrons. The highest BCUT2D eigenvalue weighted by molar-refractivity contribution is 5.39. The second-order valence-corrected chi connectivity index (χ2v) is 4.95. The lowest BCUT2D eigenvalue weighted by atomic mass is 9.92. The minimum absolute atomic E-state index is 0.433. The molecular weight excluding hydrogens is 206 g/mol. The highest BCUT2D eigenvalue weighted by Gasteiger charge is 2.19. The molecule has 0 heterocycles. The van der Waals surface area contributed by atoms with Crippen molar-refractivity contribution in [2.45, 2.75) is 46.1 Å². The second kappa shape index (κ2) is 5.50. The van der Waals surface area contributed by atoms with Gasteiger partial charge in [-0.2, -0.15) is 0 Å².